The molecule has 2 bridgehead atoms. The Morgan fingerprint density at radius 1 is 0.477 bits per heavy atom. The van der Waals surface area contributed by atoms with Gasteiger partial charge in [0, 0.05) is 23.1 Å². The molecule has 0 radical (unpaired) electrons. The summed E-state index contributed by atoms with van der Waals surface area (Å²) in [6, 6.07) is 73.2. The maximum atomic E-state index is 5.54. The van der Waals surface area contributed by atoms with Crippen LogP contribution in [0.15, 0.2) is 247 Å². The van der Waals surface area contributed by atoms with E-state index in [1.54, 1.807) is 0 Å². The number of rotatable bonds is 8. The van der Waals surface area contributed by atoms with Gasteiger partial charge in [0.2, 0.25) is 0 Å². The van der Waals surface area contributed by atoms with Crippen LogP contribution >= 0.6 is 0 Å². The van der Waals surface area contributed by atoms with Crippen molar-refractivity contribution in [3.63, 3.8) is 0 Å². The highest BCUT2D eigenvalue weighted by atomic mass is 15.0. The Morgan fingerprint density at radius 2 is 1.09 bits per heavy atom. The fourth-order valence-corrected chi connectivity index (χ4v) is 9.30. The van der Waals surface area contributed by atoms with E-state index in [1.165, 1.54) is 38.6 Å². The summed E-state index contributed by atoms with van der Waals surface area (Å²) in [5.41, 5.74) is 18.5. The third-order valence-corrected chi connectivity index (χ3v) is 12.5. The molecule has 65 heavy (non-hydrogen) atoms. The average molecular weight is 832 g/mol. The third-order valence-electron chi connectivity index (χ3n) is 12.5. The van der Waals surface area contributed by atoms with Crippen LogP contribution in [0.4, 0.5) is 0 Å². The van der Waals surface area contributed by atoms with E-state index in [-0.39, 0.29) is 6.04 Å². The van der Waals surface area contributed by atoms with Crippen molar-refractivity contribution in [2.24, 2.45) is 9.98 Å². The zero-order chi connectivity index (χ0) is 43.5. The van der Waals surface area contributed by atoms with E-state index in [1.807, 2.05) is 6.07 Å². The van der Waals surface area contributed by atoms with Crippen molar-refractivity contribution >= 4 is 28.4 Å². The van der Waals surface area contributed by atoms with E-state index in [0.29, 0.717) is 12.3 Å². The first kappa shape index (κ1) is 39.6. The van der Waals surface area contributed by atoms with Gasteiger partial charge >= 0.3 is 0 Å². The molecule has 1 aliphatic carbocycles. The van der Waals surface area contributed by atoms with Crippen LogP contribution in [0, 0.1) is 0 Å². The van der Waals surface area contributed by atoms with Crippen LogP contribution in [0.5, 0.6) is 0 Å². The molecule has 8 aromatic carbocycles. The summed E-state index contributed by atoms with van der Waals surface area (Å²) in [7, 11) is 0. The van der Waals surface area contributed by atoms with Gasteiger partial charge in [-0.1, -0.05) is 201 Å². The molecule has 0 spiro atoms. The van der Waals surface area contributed by atoms with Gasteiger partial charge in [-0.3, -0.25) is 4.99 Å². The molecule has 1 aromatic heterocycles. The first-order valence-electron chi connectivity index (χ1n) is 22.3. The number of nitrogens with zero attached hydrogens (tertiary/aromatic N) is 3. The summed E-state index contributed by atoms with van der Waals surface area (Å²) in [4.78, 5) is 16.2. The lowest BCUT2D eigenvalue weighted by atomic mass is 9.87. The zero-order valence-corrected chi connectivity index (χ0v) is 36.0. The minimum Gasteiger partial charge on any atom is -0.253 e. The Labute approximate surface area is 380 Å². The molecular formula is C62H45N3. The van der Waals surface area contributed by atoms with E-state index in [0.717, 1.165) is 73.6 Å². The Kier molecular flexibility index (Phi) is 10.6. The Bertz CT molecular complexity index is 3350. The summed E-state index contributed by atoms with van der Waals surface area (Å²) in [5.74, 6) is 0.697. The molecule has 1 unspecified atom stereocenters. The SMILES string of the molecule is C=C1CC(c2ccc(-c3ccccc3)cc2)=NC(c2ccccc2)=NC1c1cc(-c2cccc(-c3nc4cc(c3-c3ccccc3)C/C=C\C=C4)c2)cc(-c2cccc3ccccc23)c1. The average Bonchev–Trinajstić information content (AvgIpc) is 3.55. The van der Waals surface area contributed by atoms with E-state index in [2.05, 4.69) is 224 Å². The molecule has 2 aliphatic rings. The highest BCUT2D eigenvalue weighted by Gasteiger charge is 2.25. The first-order valence-corrected chi connectivity index (χ1v) is 22.3. The van der Waals surface area contributed by atoms with Gasteiger partial charge in [-0.15, -0.1) is 0 Å². The van der Waals surface area contributed by atoms with Crippen molar-refractivity contribution in [3.8, 4) is 55.8 Å². The Hall–Kier alpha value is -8.27. The minimum atomic E-state index is -0.358. The van der Waals surface area contributed by atoms with E-state index < -0.39 is 0 Å². The topological polar surface area (TPSA) is 37.6 Å². The second-order valence-electron chi connectivity index (χ2n) is 16.8. The molecule has 1 aliphatic heterocycles. The van der Waals surface area contributed by atoms with Gasteiger partial charge in [0.1, 0.15) is 0 Å². The van der Waals surface area contributed by atoms with E-state index in [9.17, 15) is 0 Å². The van der Waals surface area contributed by atoms with E-state index in [4.69, 9.17) is 21.5 Å². The lowest BCUT2D eigenvalue weighted by Gasteiger charge is -2.20. The number of amidine groups is 1. The van der Waals surface area contributed by atoms with Crippen molar-refractivity contribution < 1.29 is 0 Å². The third kappa shape index (κ3) is 8.12. The molecule has 1 atom stereocenters. The number of aromatic nitrogens is 1. The fourth-order valence-electron chi connectivity index (χ4n) is 9.30. The van der Waals surface area contributed by atoms with Crippen LogP contribution in [0.3, 0.4) is 0 Å². The minimum absolute atomic E-state index is 0.358. The van der Waals surface area contributed by atoms with Crippen LogP contribution < -0.4 is 0 Å². The summed E-state index contributed by atoms with van der Waals surface area (Å²) < 4.78 is 0. The summed E-state index contributed by atoms with van der Waals surface area (Å²) in [5, 5.41) is 2.40. The molecule has 3 heteroatoms. The van der Waals surface area contributed by atoms with Gasteiger partial charge in [-0.05, 0) is 115 Å². The summed E-state index contributed by atoms with van der Waals surface area (Å²) in [6.45, 7) is 4.79. The highest BCUT2D eigenvalue weighted by molar-refractivity contribution is 6.14. The predicted molar refractivity (Wildman–Crippen MR) is 273 cm³/mol. The van der Waals surface area contributed by atoms with Gasteiger partial charge < -0.3 is 0 Å². The number of hydrogen-bond acceptors (Lipinski definition) is 3. The van der Waals surface area contributed by atoms with Crippen molar-refractivity contribution in [3.05, 3.63) is 265 Å². The molecule has 9 aromatic rings. The number of fused-ring (bicyclic) bond motifs is 3. The van der Waals surface area contributed by atoms with Crippen LogP contribution in [0.1, 0.15) is 40.4 Å². The highest BCUT2D eigenvalue weighted by Crippen LogP contribution is 2.41. The Balaban J connectivity index is 1.06. The van der Waals surface area contributed by atoms with Crippen LogP contribution in [-0.2, 0) is 6.42 Å². The van der Waals surface area contributed by atoms with Gasteiger partial charge in [-0.2, -0.15) is 0 Å². The number of benzene rings is 8. The molecule has 2 heterocycles. The summed E-state index contributed by atoms with van der Waals surface area (Å²) >= 11 is 0. The maximum absolute atomic E-state index is 5.54. The van der Waals surface area contributed by atoms with Crippen LogP contribution in [0.25, 0.3) is 72.6 Å². The van der Waals surface area contributed by atoms with Crippen molar-refractivity contribution in [2.75, 3.05) is 0 Å². The second-order valence-corrected chi connectivity index (χ2v) is 16.8. The predicted octanol–water partition coefficient (Wildman–Crippen LogP) is 15.6. The number of hydrogen-bond donors (Lipinski definition) is 0. The summed E-state index contributed by atoms with van der Waals surface area (Å²) in [6.07, 6.45) is 9.92. The van der Waals surface area contributed by atoms with Crippen molar-refractivity contribution in [1.82, 2.24) is 4.98 Å². The molecule has 0 N–H and O–H groups in total. The molecule has 0 saturated carbocycles. The lowest BCUT2D eigenvalue weighted by molar-refractivity contribution is 0.841. The standard InChI is InChI=1S/C62H45N3/c1-42-36-58(46-34-32-44(33-35-46)43-18-6-2-7-19-43)64-62(48-23-10-4-11-24-48)65-60(42)54-39-52(38-53(40-54)57-31-17-26-45-20-14-15-30-56(45)57)49-27-16-28-51(37-49)61-59(47-21-8-3-9-22-47)50-25-12-5-13-29-55(41-50)63-61/h2-24,26-35,37-41,60H,1,25,36H2/b12-5-,29-13?. The molecule has 11 rings (SSSR count). The van der Waals surface area contributed by atoms with Crippen LogP contribution in [0.2, 0.25) is 0 Å². The molecule has 0 saturated heterocycles. The number of pyridine rings is 1. The molecule has 3 nitrogen and oxygen atoms in total. The zero-order valence-electron chi connectivity index (χ0n) is 36.0. The van der Waals surface area contributed by atoms with Gasteiger partial charge in [0.25, 0.3) is 0 Å². The van der Waals surface area contributed by atoms with Gasteiger partial charge in [-0.25, -0.2) is 9.98 Å². The maximum Gasteiger partial charge on any atom is 0.155 e. The number of allylic oxidation sites excluding steroid dienone is 3. The molecule has 308 valence electrons. The van der Waals surface area contributed by atoms with Gasteiger partial charge in [0.05, 0.1) is 23.1 Å². The van der Waals surface area contributed by atoms with Crippen LogP contribution in [-0.4, -0.2) is 16.5 Å². The molecular weight excluding hydrogens is 787 g/mol. The normalized spacial score (nSPS) is 15.1. The number of aliphatic imine (C=N–C) groups is 2. The molecule has 0 fully saturated rings. The Morgan fingerprint density at radius 3 is 1.89 bits per heavy atom. The first-order chi connectivity index (χ1) is 32.1. The monoisotopic (exact) mass is 831 g/mol. The lowest BCUT2D eigenvalue weighted by Crippen LogP contribution is -2.06. The smallest absolute Gasteiger partial charge is 0.155 e. The quantitative estimate of drug-likeness (QED) is 0.141. The largest absolute Gasteiger partial charge is 0.253 e. The van der Waals surface area contributed by atoms with Crippen molar-refractivity contribution in [2.45, 2.75) is 18.9 Å². The molecule has 0 amide bonds. The second kappa shape index (κ2) is 17.5. The fraction of sp³-hybridized carbons (Fsp3) is 0.0484. The van der Waals surface area contributed by atoms with E-state index >= 15 is 0 Å². The van der Waals surface area contributed by atoms with Gasteiger partial charge in [0.15, 0.2) is 5.84 Å². The van der Waals surface area contributed by atoms with Crippen molar-refractivity contribution in [1.29, 1.82) is 0 Å².